The van der Waals surface area contributed by atoms with Crippen LogP contribution in [0.25, 0.3) is 0 Å². The van der Waals surface area contributed by atoms with Gasteiger partial charge in [-0.25, -0.2) is 0 Å². The Morgan fingerprint density at radius 2 is 2.00 bits per heavy atom. The molecular weight excluding hydrogens is 260 g/mol. The monoisotopic (exact) mass is 282 g/mol. The van der Waals surface area contributed by atoms with Crippen LogP contribution in [0.1, 0.15) is 42.1 Å². The third-order valence-corrected chi connectivity index (χ3v) is 3.90. The second kappa shape index (κ2) is 7.51. The Labute approximate surface area is 121 Å². The molecule has 1 aliphatic carbocycles. The number of nitrogens with two attached hydrogens (primary N) is 1. The van der Waals surface area contributed by atoms with Gasteiger partial charge in [0.25, 0.3) is 5.91 Å². The van der Waals surface area contributed by atoms with Gasteiger partial charge in [0.2, 0.25) is 0 Å². The first-order chi connectivity index (χ1) is 8.74. The number of aryl methyl sites for hydroxylation is 1. The summed E-state index contributed by atoms with van der Waals surface area (Å²) in [6.45, 7) is 2.78. The zero-order valence-corrected chi connectivity index (χ0v) is 12.2. The molecule has 0 radical (unpaired) electrons. The second-order valence-corrected chi connectivity index (χ2v) is 5.06. The van der Waals surface area contributed by atoms with Crippen molar-refractivity contribution in [2.45, 2.75) is 38.6 Å². The van der Waals surface area contributed by atoms with E-state index in [1.165, 1.54) is 12.0 Å². The molecule has 1 saturated carbocycles. The van der Waals surface area contributed by atoms with Crippen LogP contribution in [0.15, 0.2) is 24.3 Å². The number of halogens is 1. The smallest absolute Gasteiger partial charge is 0.251 e. The van der Waals surface area contributed by atoms with Crippen molar-refractivity contribution in [3.05, 3.63) is 35.4 Å². The largest absolute Gasteiger partial charge is 0.349 e. The summed E-state index contributed by atoms with van der Waals surface area (Å²) in [7, 11) is 0. The standard InChI is InChI=1S/C15H22N2O.ClH/c1-2-11-6-8-12(9-7-11)15(18)17-14-5-3-4-13(14)10-16;/h6-9,13-14H,2-5,10,16H2,1H3,(H,17,18);1H. The summed E-state index contributed by atoms with van der Waals surface area (Å²) in [5, 5.41) is 3.11. The molecule has 3 N–H and O–H groups in total. The highest BCUT2D eigenvalue weighted by Crippen LogP contribution is 2.24. The van der Waals surface area contributed by atoms with Gasteiger partial charge in [-0.2, -0.15) is 0 Å². The highest BCUT2D eigenvalue weighted by molar-refractivity contribution is 5.94. The summed E-state index contributed by atoms with van der Waals surface area (Å²) in [4.78, 5) is 12.1. The lowest BCUT2D eigenvalue weighted by molar-refractivity contribution is 0.0929. The van der Waals surface area contributed by atoms with Crippen molar-refractivity contribution < 1.29 is 4.79 Å². The molecule has 1 aliphatic rings. The van der Waals surface area contributed by atoms with Crippen LogP contribution in [0.3, 0.4) is 0 Å². The number of benzene rings is 1. The Hall–Kier alpha value is -1.06. The van der Waals surface area contributed by atoms with Crippen LogP contribution >= 0.6 is 12.4 Å². The van der Waals surface area contributed by atoms with Crippen molar-refractivity contribution in [3.8, 4) is 0 Å². The van der Waals surface area contributed by atoms with Gasteiger partial charge < -0.3 is 11.1 Å². The first kappa shape index (κ1) is 16.0. The van der Waals surface area contributed by atoms with Gasteiger partial charge in [0.1, 0.15) is 0 Å². The van der Waals surface area contributed by atoms with E-state index in [9.17, 15) is 4.79 Å². The third kappa shape index (κ3) is 3.95. The molecule has 1 amide bonds. The summed E-state index contributed by atoms with van der Waals surface area (Å²) in [6, 6.07) is 8.10. The Morgan fingerprint density at radius 3 is 2.58 bits per heavy atom. The first-order valence-electron chi connectivity index (χ1n) is 6.84. The summed E-state index contributed by atoms with van der Waals surface area (Å²) < 4.78 is 0. The minimum Gasteiger partial charge on any atom is -0.349 e. The van der Waals surface area contributed by atoms with Gasteiger partial charge in [0.05, 0.1) is 0 Å². The molecule has 1 aromatic rings. The van der Waals surface area contributed by atoms with E-state index in [1.807, 2.05) is 24.3 Å². The van der Waals surface area contributed by atoms with E-state index >= 15 is 0 Å². The maximum absolute atomic E-state index is 12.1. The van der Waals surface area contributed by atoms with Crippen molar-refractivity contribution in [1.82, 2.24) is 5.32 Å². The minimum absolute atomic E-state index is 0. The topological polar surface area (TPSA) is 55.1 Å². The average molecular weight is 283 g/mol. The zero-order valence-electron chi connectivity index (χ0n) is 11.4. The van der Waals surface area contributed by atoms with E-state index in [-0.39, 0.29) is 24.4 Å². The number of rotatable bonds is 4. The van der Waals surface area contributed by atoms with E-state index in [2.05, 4.69) is 12.2 Å². The normalized spacial score (nSPS) is 21.8. The molecule has 0 bridgehead atoms. The SMILES string of the molecule is CCc1ccc(C(=O)NC2CCCC2CN)cc1.Cl. The molecule has 0 aromatic heterocycles. The van der Waals surface area contributed by atoms with Gasteiger partial charge in [0.15, 0.2) is 0 Å². The number of hydrogen-bond acceptors (Lipinski definition) is 2. The maximum Gasteiger partial charge on any atom is 0.251 e. The van der Waals surface area contributed by atoms with Crippen molar-refractivity contribution >= 4 is 18.3 Å². The fourth-order valence-electron chi connectivity index (χ4n) is 2.65. The second-order valence-electron chi connectivity index (χ2n) is 5.06. The molecule has 0 saturated heterocycles. The number of carbonyl (C=O) groups is 1. The fourth-order valence-corrected chi connectivity index (χ4v) is 2.65. The number of amides is 1. The molecule has 2 unspecified atom stereocenters. The molecule has 19 heavy (non-hydrogen) atoms. The number of hydrogen-bond donors (Lipinski definition) is 2. The molecule has 2 rings (SSSR count). The lowest BCUT2D eigenvalue weighted by atomic mass is 10.0. The summed E-state index contributed by atoms with van der Waals surface area (Å²) in [5.74, 6) is 0.479. The van der Waals surface area contributed by atoms with E-state index in [4.69, 9.17) is 5.73 Å². The van der Waals surface area contributed by atoms with Crippen LogP contribution in [0.2, 0.25) is 0 Å². The van der Waals surface area contributed by atoms with E-state index < -0.39 is 0 Å². The Morgan fingerprint density at radius 1 is 1.32 bits per heavy atom. The molecule has 1 fully saturated rings. The quantitative estimate of drug-likeness (QED) is 0.892. The molecule has 4 heteroatoms. The molecular formula is C15H23ClN2O. The van der Waals surface area contributed by atoms with Crippen LogP contribution < -0.4 is 11.1 Å². The van der Waals surface area contributed by atoms with Crippen molar-refractivity contribution in [2.75, 3.05) is 6.54 Å². The third-order valence-electron chi connectivity index (χ3n) is 3.90. The molecule has 0 heterocycles. The molecule has 106 valence electrons. The van der Waals surface area contributed by atoms with Gasteiger partial charge in [-0.3, -0.25) is 4.79 Å². The van der Waals surface area contributed by atoms with Crippen LogP contribution in [0.5, 0.6) is 0 Å². The number of nitrogens with one attached hydrogen (secondary N) is 1. The maximum atomic E-state index is 12.1. The van der Waals surface area contributed by atoms with Crippen molar-refractivity contribution in [2.24, 2.45) is 11.7 Å². The Balaban J connectivity index is 0.00000180. The van der Waals surface area contributed by atoms with Crippen LogP contribution in [0, 0.1) is 5.92 Å². The number of carbonyl (C=O) groups excluding carboxylic acids is 1. The highest BCUT2D eigenvalue weighted by atomic mass is 35.5. The highest BCUT2D eigenvalue weighted by Gasteiger charge is 2.27. The predicted octanol–water partition coefficient (Wildman–Crippen LogP) is 2.53. The lowest BCUT2D eigenvalue weighted by Crippen LogP contribution is -2.39. The van der Waals surface area contributed by atoms with Gasteiger partial charge in [0, 0.05) is 11.6 Å². The summed E-state index contributed by atoms with van der Waals surface area (Å²) in [5.41, 5.74) is 7.73. The van der Waals surface area contributed by atoms with E-state index in [0.717, 1.165) is 24.8 Å². The summed E-state index contributed by atoms with van der Waals surface area (Å²) >= 11 is 0. The molecule has 0 spiro atoms. The van der Waals surface area contributed by atoms with E-state index in [0.29, 0.717) is 12.5 Å². The van der Waals surface area contributed by atoms with Crippen molar-refractivity contribution in [1.29, 1.82) is 0 Å². The van der Waals surface area contributed by atoms with Crippen LogP contribution in [0.4, 0.5) is 0 Å². The van der Waals surface area contributed by atoms with Gasteiger partial charge in [-0.1, -0.05) is 25.5 Å². The van der Waals surface area contributed by atoms with Crippen molar-refractivity contribution in [3.63, 3.8) is 0 Å². The predicted molar refractivity (Wildman–Crippen MR) is 80.7 cm³/mol. The first-order valence-corrected chi connectivity index (χ1v) is 6.84. The van der Waals surface area contributed by atoms with Gasteiger partial charge in [-0.15, -0.1) is 12.4 Å². The Kier molecular flexibility index (Phi) is 6.32. The molecule has 2 atom stereocenters. The minimum atomic E-state index is 0. The van der Waals surface area contributed by atoms with E-state index in [1.54, 1.807) is 0 Å². The molecule has 0 aliphatic heterocycles. The van der Waals surface area contributed by atoms with Crippen LogP contribution in [-0.2, 0) is 6.42 Å². The average Bonchev–Trinajstić information content (AvgIpc) is 2.86. The fraction of sp³-hybridized carbons (Fsp3) is 0.533. The van der Waals surface area contributed by atoms with Gasteiger partial charge in [-0.05, 0) is 49.4 Å². The summed E-state index contributed by atoms with van der Waals surface area (Å²) in [6.07, 6.45) is 4.36. The van der Waals surface area contributed by atoms with Gasteiger partial charge >= 0.3 is 0 Å². The molecule has 1 aromatic carbocycles. The Bertz CT molecular complexity index is 405. The zero-order chi connectivity index (χ0) is 13.0. The molecule has 3 nitrogen and oxygen atoms in total. The lowest BCUT2D eigenvalue weighted by Gasteiger charge is -2.19. The van der Waals surface area contributed by atoms with Crippen LogP contribution in [-0.4, -0.2) is 18.5 Å².